The zero-order valence-corrected chi connectivity index (χ0v) is 16.2. The SMILES string of the molecule is Cc1ccc(NC(=O)COC(=O)c2c(C)nc3ccccc3c2C)cc1[N+](=O)[O-]. The fourth-order valence-electron chi connectivity index (χ4n) is 3.12. The van der Waals surface area contributed by atoms with Gasteiger partial charge in [-0.15, -0.1) is 0 Å². The van der Waals surface area contributed by atoms with Crippen LogP contribution >= 0.6 is 0 Å². The summed E-state index contributed by atoms with van der Waals surface area (Å²) in [6.45, 7) is 4.60. The first-order chi connectivity index (χ1) is 13.8. The second-order valence-electron chi connectivity index (χ2n) is 6.60. The number of nitrogens with zero attached hydrogens (tertiary/aromatic N) is 2. The van der Waals surface area contributed by atoms with Crippen LogP contribution in [0.2, 0.25) is 0 Å². The van der Waals surface area contributed by atoms with Crippen LogP contribution in [0.15, 0.2) is 42.5 Å². The second-order valence-corrected chi connectivity index (χ2v) is 6.60. The summed E-state index contributed by atoms with van der Waals surface area (Å²) >= 11 is 0. The van der Waals surface area contributed by atoms with Crippen LogP contribution in [0.25, 0.3) is 10.9 Å². The van der Waals surface area contributed by atoms with E-state index in [0.29, 0.717) is 16.8 Å². The summed E-state index contributed by atoms with van der Waals surface area (Å²) in [5, 5.41) is 14.3. The quantitative estimate of drug-likeness (QED) is 0.400. The molecular weight excluding hydrogens is 374 g/mol. The fraction of sp³-hybridized carbons (Fsp3) is 0.190. The number of para-hydroxylation sites is 1. The topological polar surface area (TPSA) is 111 Å². The van der Waals surface area contributed by atoms with Crippen molar-refractivity contribution in [3.63, 3.8) is 0 Å². The maximum absolute atomic E-state index is 12.5. The summed E-state index contributed by atoms with van der Waals surface area (Å²) in [7, 11) is 0. The maximum Gasteiger partial charge on any atom is 0.340 e. The van der Waals surface area contributed by atoms with Crippen molar-refractivity contribution in [3.8, 4) is 0 Å². The number of esters is 1. The molecule has 0 saturated carbocycles. The fourth-order valence-corrected chi connectivity index (χ4v) is 3.12. The lowest BCUT2D eigenvalue weighted by atomic mass is 10.0. The van der Waals surface area contributed by atoms with E-state index in [0.717, 1.165) is 16.5 Å². The first kappa shape index (κ1) is 19.9. The minimum Gasteiger partial charge on any atom is -0.452 e. The molecule has 1 N–H and O–H groups in total. The smallest absolute Gasteiger partial charge is 0.340 e. The van der Waals surface area contributed by atoms with Gasteiger partial charge in [-0.1, -0.05) is 24.3 Å². The lowest BCUT2D eigenvalue weighted by Gasteiger charge is -2.12. The zero-order valence-electron chi connectivity index (χ0n) is 16.2. The van der Waals surface area contributed by atoms with Gasteiger partial charge in [-0.2, -0.15) is 0 Å². The number of hydrogen-bond acceptors (Lipinski definition) is 6. The molecule has 1 heterocycles. The number of nitrogens with one attached hydrogen (secondary N) is 1. The number of aromatic nitrogens is 1. The summed E-state index contributed by atoms with van der Waals surface area (Å²) < 4.78 is 5.15. The number of rotatable bonds is 5. The van der Waals surface area contributed by atoms with Gasteiger partial charge in [-0.05, 0) is 38.5 Å². The molecule has 0 aliphatic heterocycles. The molecule has 0 saturated heterocycles. The summed E-state index contributed by atoms with van der Waals surface area (Å²) in [6.07, 6.45) is 0. The molecule has 148 valence electrons. The Labute approximate surface area is 166 Å². The molecule has 0 radical (unpaired) electrons. The van der Waals surface area contributed by atoms with E-state index in [4.69, 9.17) is 4.74 Å². The van der Waals surface area contributed by atoms with Gasteiger partial charge >= 0.3 is 5.97 Å². The van der Waals surface area contributed by atoms with Crippen molar-refractivity contribution in [2.75, 3.05) is 11.9 Å². The number of hydrogen-bond donors (Lipinski definition) is 1. The highest BCUT2D eigenvalue weighted by molar-refractivity contribution is 6.00. The number of amides is 1. The van der Waals surface area contributed by atoms with Gasteiger partial charge in [0.1, 0.15) is 0 Å². The van der Waals surface area contributed by atoms with Crippen molar-refractivity contribution in [2.45, 2.75) is 20.8 Å². The van der Waals surface area contributed by atoms with Crippen LogP contribution in [0.5, 0.6) is 0 Å². The van der Waals surface area contributed by atoms with Gasteiger partial charge in [-0.3, -0.25) is 19.9 Å². The molecule has 0 bridgehead atoms. The average molecular weight is 393 g/mol. The van der Waals surface area contributed by atoms with Crippen molar-refractivity contribution in [1.29, 1.82) is 0 Å². The molecule has 3 rings (SSSR count). The van der Waals surface area contributed by atoms with Gasteiger partial charge in [0.05, 0.1) is 21.7 Å². The largest absolute Gasteiger partial charge is 0.452 e. The molecule has 3 aromatic rings. The lowest BCUT2D eigenvalue weighted by molar-refractivity contribution is -0.385. The molecule has 2 aromatic carbocycles. The monoisotopic (exact) mass is 393 g/mol. The number of fused-ring (bicyclic) bond motifs is 1. The third kappa shape index (κ3) is 4.21. The molecule has 0 fully saturated rings. The second kappa shape index (κ2) is 8.05. The highest BCUT2D eigenvalue weighted by Crippen LogP contribution is 2.24. The van der Waals surface area contributed by atoms with Crippen molar-refractivity contribution < 1.29 is 19.2 Å². The Balaban J connectivity index is 1.71. The standard InChI is InChI=1S/C21H19N3O5/c1-12-8-9-15(10-18(12)24(27)28)23-19(25)11-29-21(26)20-13(2)16-6-4-5-7-17(16)22-14(20)3/h4-10H,11H2,1-3H3,(H,23,25). The predicted octanol–water partition coefficient (Wildman–Crippen LogP) is 3.86. The van der Waals surface area contributed by atoms with Gasteiger partial charge in [-0.25, -0.2) is 4.79 Å². The van der Waals surface area contributed by atoms with E-state index >= 15 is 0 Å². The van der Waals surface area contributed by atoms with Crippen LogP contribution in [0, 0.1) is 30.9 Å². The number of ether oxygens (including phenoxy) is 1. The molecule has 29 heavy (non-hydrogen) atoms. The van der Waals surface area contributed by atoms with E-state index in [9.17, 15) is 19.7 Å². The van der Waals surface area contributed by atoms with Crippen molar-refractivity contribution in [2.24, 2.45) is 0 Å². The van der Waals surface area contributed by atoms with Crippen LogP contribution in [0.3, 0.4) is 0 Å². The Kier molecular flexibility index (Phi) is 5.54. The predicted molar refractivity (Wildman–Crippen MR) is 108 cm³/mol. The van der Waals surface area contributed by atoms with Crippen LogP contribution < -0.4 is 5.32 Å². The summed E-state index contributed by atoms with van der Waals surface area (Å²) in [4.78, 5) is 39.6. The number of aryl methyl sites for hydroxylation is 3. The van der Waals surface area contributed by atoms with E-state index in [-0.39, 0.29) is 11.4 Å². The zero-order chi connectivity index (χ0) is 21.1. The van der Waals surface area contributed by atoms with Gasteiger partial charge in [0.25, 0.3) is 11.6 Å². The third-order valence-corrected chi connectivity index (χ3v) is 4.56. The summed E-state index contributed by atoms with van der Waals surface area (Å²) in [6, 6.07) is 11.8. The molecule has 8 nitrogen and oxygen atoms in total. The van der Waals surface area contributed by atoms with Crippen LogP contribution in [0.4, 0.5) is 11.4 Å². The molecule has 0 atom stereocenters. The maximum atomic E-state index is 12.5. The number of benzene rings is 2. The minimum atomic E-state index is -0.650. The van der Waals surface area contributed by atoms with Gasteiger partial charge in [0, 0.05) is 22.7 Å². The van der Waals surface area contributed by atoms with Crippen molar-refractivity contribution >= 4 is 34.2 Å². The first-order valence-corrected chi connectivity index (χ1v) is 8.86. The van der Waals surface area contributed by atoms with Crippen molar-refractivity contribution in [1.82, 2.24) is 4.98 Å². The minimum absolute atomic E-state index is 0.103. The molecule has 1 aromatic heterocycles. The van der Waals surface area contributed by atoms with E-state index in [2.05, 4.69) is 10.3 Å². The Morgan fingerprint density at radius 1 is 1.14 bits per heavy atom. The number of pyridine rings is 1. The molecule has 1 amide bonds. The molecule has 0 unspecified atom stereocenters. The molecule has 0 spiro atoms. The first-order valence-electron chi connectivity index (χ1n) is 8.86. The molecule has 8 heteroatoms. The van der Waals surface area contributed by atoms with E-state index in [1.807, 2.05) is 24.3 Å². The number of anilines is 1. The number of carbonyl (C=O) groups is 2. The Morgan fingerprint density at radius 2 is 1.86 bits per heavy atom. The molecular formula is C21H19N3O5. The Morgan fingerprint density at radius 3 is 2.59 bits per heavy atom. The van der Waals surface area contributed by atoms with E-state index in [1.54, 1.807) is 26.8 Å². The highest BCUT2D eigenvalue weighted by atomic mass is 16.6. The number of nitro groups is 1. The average Bonchev–Trinajstić information content (AvgIpc) is 2.67. The number of nitro benzene ring substituents is 1. The van der Waals surface area contributed by atoms with Gasteiger partial charge in [0.15, 0.2) is 6.61 Å². The number of carbonyl (C=O) groups excluding carboxylic acids is 2. The van der Waals surface area contributed by atoms with Crippen LogP contribution in [0.1, 0.15) is 27.2 Å². The Hall–Kier alpha value is -3.81. The third-order valence-electron chi connectivity index (χ3n) is 4.56. The van der Waals surface area contributed by atoms with Gasteiger partial charge in [0.2, 0.25) is 0 Å². The highest BCUT2D eigenvalue weighted by Gasteiger charge is 2.19. The van der Waals surface area contributed by atoms with Crippen LogP contribution in [-0.2, 0) is 9.53 Å². The van der Waals surface area contributed by atoms with Crippen LogP contribution in [-0.4, -0.2) is 28.4 Å². The van der Waals surface area contributed by atoms with Gasteiger partial charge < -0.3 is 10.1 Å². The molecule has 0 aliphatic carbocycles. The summed E-state index contributed by atoms with van der Waals surface area (Å²) in [5.41, 5.74) is 2.97. The summed E-state index contributed by atoms with van der Waals surface area (Å²) in [5.74, 6) is -1.25. The van der Waals surface area contributed by atoms with Crippen molar-refractivity contribution in [3.05, 3.63) is 75.0 Å². The normalized spacial score (nSPS) is 10.6. The molecule has 0 aliphatic rings. The lowest BCUT2D eigenvalue weighted by Crippen LogP contribution is -2.22. The van der Waals surface area contributed by atoms with E-state index in [1.165, 1.54) is 12.1 Å². The Bertz CT molecular complexity index is 1140. The van der Waals surface area contributed by atoms with E-state index < -0.39 is 23.4 Å².